The van der Waals surface area contributed by atoms with Gasteiger partial charge in [-0.25, -0.2) is 4.98 Å². The monoisotopic (exact) mass is 227 g/mol. The van der Waals surface area contributed by atoms with Gasteiger partial charge >= 0.3 is 0 Å². The van der Waals surface area contributed by atoms with Gasteiger partial charge in [-0.3, -0.25) is 4.68 Å². The molecule has 0 radical (unpaired) electrons. The molecule has 0 bridgehead atoms. The van der Waals surface area contributed by atoms with Crippen LogP contribution in [0.3, 0.4) is 0 Å². The standard InChI is InChI=1S/C10H21N5O/c1-10(7-11-4-6-16-2)13-3-5-15-9-12-8-14-15/h8-11,13H,3-7H2,1-2H3. The lowest BCUT2D eigenvalue weighted by Crippen LogP contribution is -2.38. The Balaban J connectivity index is 1.95. The van der Waals surface area contributed by atoms with E-state index < -0.39 is 0 Å². The summed E-state index contributed by atoms with van der Waals surface area (Å²) in [5.74, 6) is 0. The predicted molar refractivity (Wildman–Crippen MR) is 62.2 cm³/mol. The fraction of sp³-hybridized carbons (Fsp3) is 0.800. The van der Waals surface area contributed by atoms with Gasteiger partial charge in [-0.15, -0.1) is 0 Å². The van der Waals surface area contributed by atoms with Crippen molar-refractivity contribution < 1.29 is 4.74 Å². The molecule has 0 saturated heterocycles. The minimum atomic E-state index is 0.445. The van der Waals surface area contributed by atoms with E-state index in [-0.39, 0.29) is 0 Å². The Bertz CT molecular complexity index is 252. The maximum Gasteiger partial charge on any atom is 0.137 e. The van der Waals surface area contributed by atoms with Crippen molar-refractivity contribution in [1.82, 2.24) is 25.4 Å². The molecule has 2 N–H and O–H groups in total. The molecule has 1 aromatic heterocycles. The summed E-state index contributed by atoms with van der Waals surface area (Å²) in [6.45, 7) is 6.50. The minimum absolute atomic E-state index is 0.445. The molecule has 0 aromatic carbocycles. The second-order valence-corrected chi connectivity index (χ2v) is 3.71. The normalized spacial score (nSPS) is 12.9. The predicted octanol–water partition coefficient (Wildman–Crippen LogP) is -0.508. The van der Waals surface area contributed by atoms with Gasteiger partial charge in [-0.2, -0.15) is 5.10 Å². The van der Waals surface area contributed by atoms with Crippen molar-refractivity contribution >= 4 is 0 Å². The number of aromatic nitrogens is 3. The zero-order valence-corrected chi connectivity index (χ0v) is 10.0. The van der Waals surface area contributed by atoms with Crippen molar-refractivity contribution in [2.75, 3.05) is 33.4 Å². The van der Waals surface area contributed by atoms with Crippen LogP contribution in [0.4, 0.5) is 0 Å². The van der Waals surface area contributed by atoms with Crippen molar-refractivity contribution in [2.45, 2.75) is 19.5 Å². The zero-order chi connectivity index (χ0) is 11.6. The van der Waals surface area contributed by atoms with Gasteiger partial charge in [0.2, 0.25) is 0 Å². The van der Waals surface area contributed by atoms with E-state index in [2.05, 4.69) is 27.6 Å². The molecule has 1 aromatic rings. The summed E-state index contributed by atoms with van der Waals surface area (Å²) in [7, 11) is 1.71. The van der Waals surface area contributed by atoms with Crippen LogP contribution in [0.15, 0.2) is 12.7 Å². The molecule has 0 aliphatic carbocycles. The first-order chi connectivity index (χ1) is 7.83. The highest BCUT2D eigenvalue weighted by atomic mass is 16.5. The van der Waals surface area contributed by atoms with Crippen LogP contribution >= 0.6 is 0 Å². The van der Waals surface area contributed by atoms with E-state index in [1.807, 2.05) is 4.68 Å². The third kappa shape index (κ3) is 5.79. The highest BCUT2D eigenvalue weighted by molar-refractivity contribution is 4.64. The van der Waals surface area contributed by atoms with Crippen LogP contribution < -0.4 is 10.6 Å². The molecule has 1 heterocycles. The number of nitrogens with one attached hydrogen (secondary N) is 2. The van der Waals surface area contributed by atoms with Crippen LogP contribution in [0.25, 0.3) is 0 Å². The number of hydrogen-bond acceptors (Lipinski definition) is 5. The van der Waals surface area contributed by atoms with Crippen molar-refractivity contribution in [1.29, 1.82) is 0 Å². The molecular weight excluding hydrogens is 206 g/mol. The quantitative estimate of drug-likeness (QED) is 0.556. The van der Waals surface area contributed by atoms with E-state index in [0.29, 0.717) is 6.04 Å². The third-order valence-electron chi connectivity index (χ3n) is 2.23. The first-order valence-corrected chi connectivity index (χ1v) is 5.58. The molecule has 1 unspecified atom stereocenters. The van der Waals surface area contributed by atoms with Crippen LogP contribution in [-0.2, 0) is 11.3 Å². The molecule has 16 heavy (non-hydrogen) atoms. The van der Waals surface area contributed by atoms with Crippen LogP contribution in [0.5, 0.6) is 0 Å². The Morgan fingerprint density at radius 2 is 2.31 bits per heavy atom. The number of nitrogens with zero attached hydrogens (tertiary/aromatic N) is 3. The Hall–Kier alpha value is -0.980. The largest absolute Gasteiger partial charge is 0.383 e. The van der Waals surface area contributed by atoms with E-state index in [4.69, 9.17) is 4.74 Å². The van der Waals surface area contributed by atoms with Gasteiger partial charge < -0.3 is 15.4 Å². The first kappa shape index (κ1) is 13.1. The molecule has 0 saturated carbocycles. The van der Waals surface area contributed by atoms with Gasteiger partial charge in [0, 0.05) is 32.8 Å². The van der Waals surface area contributed by atoms with Crippen molar-refractivity contribution in [3.05, 3.63) is 12.7 Å². The fourth-order valence-corrected chi connectivity index (χ4v) is 1.34. The Morgan fingerprint density at radius 1 is 1.44 bits per heavy atom. The average Bonchev–Trinajstić information content (AvgIpc) is 2.77. The van der Waals surface area contributed by atoms with Gasteiger partial charge in [-0.05, 0) is 6.92 Å². The number of hydrogen-bond donors (Lipinski definition) is 2. The summed E-state index contributed by atoms with van der Waals surface area (Å²) in [4.78, 5) is 3.89. The second-order valence-electron chi connectivity index (χ2n) is 3.71. The topological polar surface area (TPSA) is 64.0 Å². The first-order valence-electron chi connectivity index (χ1n) is 5.58. The van der Waals surface area contributed by atoms with Gasteiger partial charge in [0.25, 0.3) is 0 Å². The molecule has 0 aliphatic heterocycles. The third-order valence-corrected chi connectivity index (χ3v) is 2.23. The molecule has 92 valence electrons. The van der Waals surface area contributed by atoms with E-state index in [9.17, 15) is 0 Å². The molecule has 0 spiro atoms. The highest BCUT2D eigenvalue weighted by Crippen LogP contribution is 1.82. The highest BCUT2D eigenvalue weighted by Gasteiger charge is 1.99. The average molecular weight is 227 g/mol. The Labute approximate surface area is 96.4 Å². The lowest BCUT2D eigenvalue weighted by atomic mass is 10.3. The Morgan fingerprint density at radius 3 is 3.00 bits per heavy atom. The summed E-state index contributed by atoms with van der Waals surface area (Å²) < 4.78 is 6.77. The summed E-state index contributed by atoms with van der Waals surface area (Å²) in [6.07, 6.45) is 3.28. The minimum Gasteiger partial charge on any atom is -0.383 e. The zero-order valence-electron chi connectivity index (χ0n) is 10.0. The lowest BCUT2D eigenvalue weighted by Gasteiger charge is -2.14. The summed E-state index contributed by atoms with van der Waals surface area (Å²) >= 11 is 0. The van der Waals surface area contributed by atoms with Crippen molar-refractivity contribution in [3.63, 3.8) is 0 Å². The fourth-order valence-electron chi connectivity index (χ4n) is 1.34. The van der Waals surface area contributed by atoms with E-state index >= 15 is 0 Å². The molecule has 0 aliphatic rings. The van der Waals surface area contributed by atoms with Crippen LogP contribution in [-0.4, -0.2) is 54.2 Å². The number of ether oxygens (including phenoxy) is 1. The van der Waals surface area contributed by atoms with Crippen molar-refractivity contribution in [3.8, 4) is 0 Å². The molecular formula is C10H21N5O. The molecule has 6 heteroatoms. The maximum atomic E-state index is 4.95. The van der Waals surface area contributed by atoms with Crippen molar-refractivity contribution in [2.24, 2.45) is 0 Å². The molecule has 0 fully saturated rings. The van der Waals surface area contributed by atoms with Crippen LogP contribution in [0.1, 0.15) is 6.92 Å². The summed E-state index contributed by atoms with van der Waals surface area (Å²) in [6, 6.07) is 0.445. The van der Waals surface area contributed by atoms with Gasteiger partial charge in [0.05, 0.1) is 13.2 Å². The summed E-state index contributed by atoms with van der Waals surface area (Å²) in [5, 5.41) is 10.7. The van der Waals surface area contributed by atoms with Crippen LogP contribution in [0.2, 0.25) is 0 Å². The lowest BCUT2D eigenvalue weighted by molar-refractivity contribution is 0.198. The molecule has 6 nitrogen and oxygen atoms in total. The Kier molecular flexibility index (Phi) is 6.71. The smallest absolute Gasteiger partial charge is 0.137 e. The van der Waals surface area contributed by atoms with Gasteiger partial charge in [0.15, 0.2) is 0 Å². The second kappa shape index (κ2) is 8.20. The van der Waals surface area contributed by atoms with Gasteiger partial charge in [-0.1, -0.05) is 0 Å². The van der Waals surface area contributed by atoms with Crippen LogP contribution in [0, 0.1) is 0 Å². The van der Waals surface area contributed by atoms with E-state index in [1.165, 1.54) is 0 Å². The molecule has 1 atom stereocenters. The maximum absolute atomic E-state index is 4.95. The number of methoxy groups -OCH3 is 1. The molecule has 1 rings (SSSR count). The summed E-state index contributed by atoms with van der Waals surface area (Å²) in [5.41, 5.74) is 0. The SMILES string of the molecule is COCCNCC(C)NCCn1cncn1. The molecule has 0 amide bonds. The van der Waals surface area contributed by atoms with Gasteiger partial charge in [0.1, 0.15) is 12.7 Å². The van der Waals surface area contributed by atoms with E-state index in [1.54, 1.807) is 19.8 Å². The van der Waals surface area contributed by atoms with E-state index in [0.717, 1.165) is 32.8 Å². The number of rotatable bonds is 9.